The van der Waals surface area contributed by atoms with Gasteiger partial charge in [-0.1, -0.05) is 24.3 Å². The molecule has 3 heterocycles. The Hall–Kier alpha value is -2.81. The lowest BCUT2D eigenvalue weighted by atomic mass is 9.99. The maximum absolute atomic E-state index is 13.5. The van der Waals surface area contributed by atoms with Crippen molar-refractivity contribution in [2.24, 2.45) is 0 Å². The van der Waals surface area contributed by atoms with E-state index in [2.05, 4.69) is 39.3 Å². The zero-order valence-corrected chi connectivity index (χ0v) is 19.3. The van der Waals surface area contributed by atoms with Gasteiger partial charge in [0.2, 0.25) is 0 Å². The van der Waals surface area contributed by atoms with E-state index >= 15 is 0 Å². The molecule has 0 aromatic heterocycles. The maximum atomic E-state index is 13.5. The van der Waals surface area contributed by atoms with Crippen molar-refractivity contribution in [3.05, 3.63) is 54.1 Å². The summed E-state index contributed by atoms with van der Waals surface area (Å²) >= 11 is 0. The van der Waals surface area contributed by atoms with Crippen LogP contribution in [-0.2, 0) is 11.2 Å². The topological polar surface area (TPSA) is 60.5 Å². The lowest BCUT2D eigenvalue weighted by Crippen LogP contribution is -2.59. The Morgan fingerprint density at radius 1 is 0.970 bits per heavy atom. The number of carbonyl (C=O) groups is 1. The van der Waals surface area contributed by atoms with Crippen LogP contribution in [0.5, 0.6) is 5.75 Å². The zero-order chi connectivity index (χ0) is 22.6. The van der Waals surface area contributed by atoms with Crippen LogP contribution in [-0.4, -0.2) is 93.1 Å². The van der Waals surface area contributed by atoms with Gasteiger partial charge >= 0.3 is 6.03 Å². The fourth-order valence-electron chi connectivity index (χ4n) is 4.87. The smallest absolute Gasteiger partial charge is 0.336 e. The third-order valence-electron chi connectivity index (χ3n) is 6.69. The number of hydrogen-bond donors (Lipinski definition) is 1. The lowest BCUT2D eigenvalue weighted by molar-refractivity contribution is -0.0875. The van der Waals surface area contributed by atoms with Crippen LogP contribution in [0.4, 0.5) is 16.2 Å². The number of nitrogens with zero attached hydrogens (tertiary/aromatic N) is 4. The molecule has 2 aromatic rings. The summed E-state index contributed by atoms with van der Waals surface area (Å²) in [4.78, 5) is 18.3. The highest BCUT2D eigenvalue weighted by molar-refractivity contribution is 5.89. The van der Waals surface area contributed by atoms with Crippen LogP contribution in [0, 0.1) is 0 Å². The van der Waals surface area contributed by atoms with Gasteiger partial charge in [-0.05, 0) is 31.3 Å². The zero-order valence-electron chi connectivity index (χ0n) is 19.3. The number of hydrazine groups is 1. The van der Waals surface area contributed by atoms with Crippen LogP contribution in [0.2, 0.25) is 0 Å². The minimum absolute atomic E-state index is 0.0899. The number of ether oxygens (including phenoxy) is 2. The molecule has 2 amide bonds. The molecule has 1 N–H and O–H groups in total. The van der Waals surface area contributed by atoms with Gasteiger partial charge in [-0.3, -0.25) is 0 Å². The van der Waals surface area contributed by atoms with Crippen molar-refractivity contribution < 1.29 is 14.3 Å². The number of morpholine rings is 1. The highest BCUT2D eigenvalue weighted by Crippen LogP contribution is 2.35. The van der Waals surface area contributed by atoms with Gasteiger partial charge in [0, 0.05) is 62.6 Å². The number of anilines is 2. The van der Waals surface area contributed by atoms with E-state index in [0.29, 0.717) is 32.9 Å². The van der Waals surface area contributed by atoms with Crippen LogP contribution < -0.4 is 15.0 Å². The summed E-state index contributed by atoms with van der Waals surface area (Å²) in [7, 11) is 2.17. The quantitative estimate of drug-likeness (QED) is 0.771. The summed E-state index contributed by atoms with van der Waals surface area (Å²) in [5.41, 5.74) is 3.22. The molecule has 8 heteroatoms. The molecule has 0 spiro atoms. The Balaban J connectivity index is 1.40. The molecule has 3 aliphatic rings. The summed E-state index contributed by atoms with van der Waals surface area (Å²) < 4.78 is 11.8. The molecule has 0 bridgehead atoms. The highest BCUT2D eigenvalue weighted by atomic mass is 16.5. The number of rotatable bonds is 4. The number of amides is 2. The van der Waals surface area contributed by atoms with Crippen molar-refractivity contribution in [2.45, 2.75) is 12.5 Å². The first-order chi connectivity index (χ1) is 16.2. The SMILES string of the molecule is CN1CCN(c2cccc3c2CC(N(C(=O)Nc2ccccc2)N2CCOCC2)CO3)CC1. The molecular weight excluding hydrogens is 418 g/mol. The maximum Gasteiger partial charge on any atom is 0.336 e. The number of carbonyl (C=O) groups excluding carboxylic acids is 1. The van der Waals surface area contributed by atoms with E-state index in [-0.39, 0.29) is 12.1 Å². The number of benzene rings is 2. The largest absolute Gasteiger partial charge is 0.491 e. The van der Waals surface area contributed by atoms with Crippen LogP contribution in [0.25, 0.3) is 0 Å². The summed E-state index contributed by atoms with van der Waals surface area (Å²) in [5, 5.41) is 7.06. The second-order valence-corrected chi connectivity index (χ2v) is 8.92. The summed E-state index contributed by atoms with van der Waals surface area (Å²) in [6.07, 6.45) is 0.761. The van der Waals surface area contributed by atoms with Crippen LogP contribution in [0.15, 0.2) is 48.5 Å². The fourth-order valence-corrected chi connectivity index (χ4v) is 4.87. The molecule has 0 aliphatic carbocycles. The number of fused-ring (bicyclic) bond motifs is 1. The van der Waals surface area contributed by atoms with Gasteiger partial charge in [-0.2, -0.15) is 0 Å². The first-order valence-electron chi connectivity index (χ1n) is 11.8. The molecule has 2 saturated heterocycles. The van der Waals surface area contributed by atoms with Gasteiger partial charge in [0.05, 0.1) is 19.3 Å². The van der Waals surface area contributed by atoms with Gasteiger partial charge in [0.15, 0.2) is 0 Å². The summed E-state index contributed by atoms with van der Waals surface area (Å²) in [6.45, 7) is 7.17. The normalized spacial score (nSPS) is 21.7. The van der Waals surface area contributed by atoms with Crippen molar-refractivity contribution in [3.63, 3.8) is 0 Å². The van der Waals surface area contributed by atoms with Crippen molar-refractivity contribution in [1.29, 1.82) is 0 Å². The monoisotopic (exact) mass is 451 g/mol. The molecule has 2 aromatic carbocycles. The van der Waals surface area contributed by atoms with E-state index in [1.165, 1.54) is 11.3 Å². The second kappa shape index (κ2) is 9.99. The van der Waals surface area contributed by atoms with Gasteiger partial charge in [0.25, 0.3) is 0 Å². The average molecular weight is 452 g/mol. The van der Waals surface area contributed by atoms with Gasteiger partial charge < -0.3 is 24.6 Å². The Labute approximate surface area is 195 Å². The number of likely N-dealkylation sites (N-methyl/N-ethyl adjacent to an activating group) is 1. The summed E-state index contributed by atoms with van der Waals surface area (Å²) in [5.74, 6) is 0.938. The Morgan fingerprint density at radius 3 is 2.48 bits per heavy atom. The van der Waals surface area contributed by atoms with Crippen molar-refractivity contribution in [1.82, 2.24) is 14.9 Å². The minimum atomic E-state index is -0.128. The van der Waals surface area contributed by atoms with E-state index < -0.39 is 0 Å². The van der Waals surface area contributed by atoms with Gasteiger partial charge in [-0.25, -0.2) is 14.8 Å². The molecule has 1 unspecified atom stereocenters. The Kier molecular flexibility index (Phi) is 6.66. The Bertz CT molecular complexity index is 942. The van der Waals surface area contributed by atoms with E-state index in [1.54, 1.807) is 0 Å². The molecule has 0 radical (unpaired) electrons. The van der Waals surface area contributed by atoms with Crippen LogP contribution >= 0.6 is 0 Å². The van der Waals surface area contributed by atoms with Crippen LogP contribution in [0.1, 0.15) is 5.56 Å². The Morgan fingerprint density at radius 2 is 1.73 bits per heavy atom. The molecule has 2 fully saturated rings. The van der Waals surface area contributed by atoms with Gasteiger partial charge in [0.1, 0.15) is 12.4 Å². The molecule has 3 aliphatic heterocycles. The first-order valence-corrected chi connectivity index (χ1v) is 11.8. The summed E-state index contributed by atoms with van der Waals surface area (Å²) in [6, 6.07) is 15.7. The fraction of sp³-hybridized carbons (Fsp3) is 0.480. The van der Waals surface area contributed by atoms with E-state index in [0.717, 1.165) is 44.0 Å². The molecule has 5 rings (SSSR count). The van der Waals surface area contributed by atoms with Gasteiger partial charge in [-0.15, -0.1) is 0 Å². The number of nitrogens with one attached hydrogen (secondary N) is 1. The number of hydrogen-bond acceptors (Lipinski definition) is 6. The van der Waals surface area contributed by atoms with E-state index in [1.807, 2.05) is 41.4 Å². The van der Waals surface area contributed by atoms with Crippen LogP contribution in [0.3, 0.4) is 0 Å². The molecule has 33 heavy (non-hydrogen) atoms. The lowest BCUT2D eigenvalue weighted by Gasteiger charge is -2.44. The van der Waals surface area contributed by atoms with Crippen molar-refractivity contribution in [3.8, 4) is 5.75 Å². The first kappa shape index (κ1) is 22.0. The van der Waals surface area contributed by atoms with E-state index in [9.17, 15) is 4.79 Å². The second-order valence-electron chi connectivity index (χ2n) is 8.92. The minimum Gasteiger partial charge on any atom is -0.491 e. The number of urea groups is 1. The predicted octanol–water partition coefficient (Wildman–Crippen LogP) is 2.52. The third kappa shape index (κ3) is 4.93. The van der Waals surface area contributed by atoms with Crippen molar-refractivity contribution >= 4 is 17.4 Å². The van der Waals surface area contributed by atoms with Crippen molar-refractivity contribution in [2.75, 3.05) is 76.4 Å². The van der Waals surface area contributed by atoms with E-state index in [4.69, 9.17) is 9.47 Å². The molecular formula is C25H33N5O3. The standard InChI is InChI=1S/C25H33N5O3/c1-27-10-12-28(13-11-27)23-8-5-9-24-22(23)18-21(19-33-24)30(29-14-16-32-17-15-29)25(31)26-20-6-3-2-4-7-20/h2-9,21H,10-19H2,1H3,(H,26,31). The average Bonchev–Trinajstić information content (AvgIpc) is 2.86. The predicted molar refractivity (Wildman–Crippen MR) is 129 cm³/mol. The molecule has 8 nitrogen and oxygen atoms in total. The number of piperazine rings is 1. The molecule has 176 valence electrons. The number of para-hydroxylation sites is 1. The highest BCUT2D eigenvalue weighted by Gasteiger charge is 2.35. The molecule has 0 saturated carbocycles. The third-order valence-corrected chi connectivity index (χ3v) is 6.69. The molecule has 1 atom stereocenters.